The van der Waals surface area contributed by atoms with Crippen LogP contribution in [-0.2, 0) is 11.2 Å². The summed E-state index contributed by atoms with van der Waals surface area (Å²) in [7, 11) is 0. The summed E-state index contributed by atoms with van der Waals surface area (Å²) in [4.78, 5) is 12.0. The summed E-state index contributed by atoms with van der Waals surface area (Å²) in [5.41, 5.74) is 7.39. The predicted octanol–water partition coefficient (Wildman–Crippen LogP) is 2.88. The fourth-order valence-electron chi connectivity index (χ4n) is 1.10. The number of thiophene rings is 1. The van der Waals surface area contributed by atoms with Crippen molar-refractivity contribution in [3.8, 4) is 0 Å². The number of nitrogens with two attached hydrogens (primary N) is 1. The first kappa shape index (κ1) is 14.3. The van der Waals surface area contributed by atoms with E-state index in [0.29, 0.717) is 10.6 Å². The van der Waals surface area contributed by atoms with E-state index in [1.165, 1.54) is 11.3 Å². The van der Waals surface area contributed by atoms with Gasteiger partial charge in [-0.25, -0.2) is 4.79 Å². The standard InChI is InChI=1S/C10H15NO2S.ClH/c1-4-7-5-14-9(8(7)11)10(12)13-6(2)3;/h5-6H,4,11H2,1-3H3;1H. The summed E-state index contributed by atoms with van der Waals surface area (Å²) >= 11 is 1.35. The van der Waals surface area contributed by atoms with Crippen molar-refractivity contribution in [3.63, 3.8) is 0 Å². The second-order valence-corrected chi connectivity index (χ2v) is 4.19. The first-order chi connectivity index (χ1) is 6.56. The van der Waals surface area contributed by atoms with Gasteiger partial charge in [0.2, 0.25) is 0 Å². The average molecular weight is 250 g/mol. The molecule has 0 aliphatic heterocycles. The lowest BCUT2D eigenvalue weighted by atomic mass is 10.2. The number of nitrogen functional groups attached to an aromatic ring is 1. The van der Waals surface area contributed by atoms with E-state index >= 15 is 0 Å². The molecule has 1 rings (SSSR count). The summed E-state index contributed by atoms with van der Waals surface area (Å²) in [5, 5.41) is 1.91. The Morgan fingerprint density at radius 3 is 2.60 bits per heavy atom. The zero-order valence-electron chi connectivity index (χ0n) is 9.07. The van der Waals surface area contributed by atoms with Crippen molar-refractivity contribution in [1.82, 2.24) is 0 Å². The third-order valence-electron chi connectivity index (χ3n) is 1.82. The van der Waals surface area contributed by atoms with E-state index in [1.807, 2.05) is 26.2 Å². The minimum atomic E-state index is -0.317. The summed E-state index contributed by atoms with van der Waals surface area (Å²) in [6.07, 6.45) is 0.742. The Labute approximate surface area is 100 Å². The van der Waals surface area contributed by atoms with Crippen molar-refractivity contribution in [2.24, 2.45) is 0 Å². The summed E-state index contributed by atoms with van der Waals surface area (Å²) < 4.78 is 5.07. The summed E-state index contributed by atoms with van der Waals surface area (Å²) in [6.45, 7) is 5.65. The quantitative estimate of drug-likeness (QED) is 0.838. The third-order valence-corrected chi connectivity index (χ3v) is 2.84. The topological polar surface area (TPSA) is 52.3 Å². The third kappa shape index (κ3) is 3.39. The number of carbonyl (C=O) groups is 1. The molecule has 5 heteroatoms. The number of hydrogen-bond donors (Lipinski definition) is 1. The van der Waals surface area contributed by atoms with Crippen LogP contribution in [0.1, 0.15) is 36.0 Å². The monoisotopic (exact) mass is 249 g/mol. The Kier molecular flexibility index (Phi) is 5.68. The molecule has 0 radical (unpaired) electrons. The van der Waals surface area contributed by atoms with Gasteiger partial charge in [0.05, 0.1) is 11.8 Å². The molecule has 0 atom stereocenters. The average Bonchev–Trinajstić information content (AvgIpc) is 2.45. The Morgan fingerprint density at radius 1 is 1.60 bits per heavy atom. The van der Waals surface area contributed by atoms with Crippen molar-refractivity contribution in [3.05, 3.63) is 15.8 Å². The minimum absolute atomic E-state index is 0. The van der Waals surface area contributed by atoms with Crippen molar-refractivity contribution < 1.29 is 9.53 Å². The Hall–Kier alpha value is -0.740. The van der Waals surface area contributed by atoms with Gasteiger partial charge in [0.25, 0.3) is 0 Å². The molecular formula is C10H16ClNO2S. The molecule has 1 heterocycles. The Bertz CT molecular complexity index is 336. The van der Waals surface area contributed by atoms with Crippen LogP contribution in [-0.4, -0.2) is 12.1 Å². The van der Waals surface area contributed by atoms with Gasteiger partial charge in [-0.3, -0.25) is 0 Å². The number of carbonyl (C=O) groups excluding carboxylic acids is 1. The van der Waals surface area contributed by atoms with E-state index in [1.54, 1.807) is 0 Å². The number of esters is 1. The highest BCUT2D eigenvalue weighted by Gasteiger charge is 2.16. The van der Waals surface area contributed by atoms with Crippen LogP contribution in [0, 0.1) is 0 Å². The number of ether oxygens (including phenoxy) is 1. The number of anilines is 1. The molecule has 0 bridgehead atoms. The molecule has 0 aliphatic carbocycles. The van der Waals surface area contributed by atoms with E-state index in [9.17, 15) is 4.79 Å². The first-order valence-electron chi connectivity index (χ1n) is 4.63. The molecule has 0 saturated heterocycles. The SMILES string of the molecule is CCc1csc(C(=O)OC(C)C)c1N.Cl. The van der Waals surface area contributed by atoms with E-state index in [2.05, 4.69) is 0 Å². The van der Waals surface area contributed by atoms with E-state index in [0.717, 1.165) is 12.0 Å². The van der Waals surface area contributed by atoms with E-state index in [4.69, 9.17) is 10.5 Å². The molecule has 0 saturated carbocycles. The molecule has 0 fully saturated rings. The molecule has 0 spiro atoms. The van der Waals surface area contributed by atoms with Gasteiger partial charge in [-0.2, -0.15) is 0 Å². The second-order valence-electron chi connectivity index (χ2n) is 3.31. The lowest BCUT2D eigenvalue weighted by molar-refractivity contribution is 0.0385. The zero-order valence-corrected chi connectivity index (χ0v) is 10.7. The van der Waals surface area contributed by atoms with Gasteiger partial charge in [0.15, 0.2) is 0 Å². The molecule has 0 aliphatic rings. The highest BCUT2D eigenvalue weighted by molar-refractivity contribution is 7.12. The molecule has 0 aromatic carbocycles. The van der Waals surface area contributed by atoms with Crippen LogP contribution in [0.4, 0.5) is 5.69 Å². The van der Waals surface area contributed by atoms with Crippen LogP contribution < -0.4 is 5.73 Å². The van der Waals surface area contributed by atoms with Crippen LogP contribution in [0.3, 0.4) is 0 Å². The van der Waals surface area contributed by atoms with Crippen molar-refractivity contribution in [2.45, 2.75) is 33.3 Å². The fourth-order valence-corrected chi connectivity index (χ4v) is 2.06. The maximum Gasteiger partial charge on any atom is 0.350 e. The molecule has 0 amide bonds. The van der Waals surface area contributed by atoms with Crippen LogP contribution in [0.15, 0.2) is 5.38 Å². The van der Waals surface area contributed by atoms with Crippen molar-refractivity contribution >= 4 is 35.4 Å². The number of halogens is 1. The maximum atomic E-state index is 11.5. The molecule has 2 N–H and O–H groups in total. The Balaban J connectivity index is 0.00000196. The van der Waals surface area contributed by atoms with Gasteiger partial charge in [-0.15, -0.1) is 23.7 Å². The van der Waals surface area contributed by atoms with Gasteiger partial charge >= 0.3 is 5.97 Å². The molecule has 86 valence electrons. The fraction of sp³-hybridized carbons (Fsp3) is 0.500. The molecule has 15 heavy (non-hydrogen) atoms. The van der Waals surface area contributed by atoms with E-state index < -0.39 is 0 Å². The highest BCUT2D eigenvalue weighted by atomic mass is 35.5. The van der Waals surface area contributed by atoms with Crippen molar-refractivity contribution in [2.75, 3.05) is 5.73 Å². The van der Waals surface area contributed by atoms with Gasteiger partial charge < -0.3 is 10.5 Å². The van der Waals surface area contributed by atoms with Crippen LogP contribution in [0.5, 0.6) is 0 Å². The summed E-state index contributed by atoms with van der Waals surface area (Å²) in [5.74, 6) is -0.317. The van der Waals surface area contributed by atoms with Gasteiger partial charge in [-0.1, -0.05) is 6.92 Å². The van der Waals surface area contributed by atoms with Gasteiger partial charge in [0.1, 0.15) is 4.88 Å². The van der Waals surface area contributed by atoms with Gasteiger partial charge in [-0.05, 0) is 31.2 Å². The highest BCUT2D eigenvalue weighted by Crippen LogP contribution is 2.26. The zero-order chi connectivity index (χ0) is 10.7. The van der Waals surface area contributed by atoms with E-state index in [-0.39, 0.29) is 24.5 Å². The number of hydrogen-bond acceptors (Lipinski definition) is 4. The first-order valence-corrected chi connectivity index (χ1v) is 5.51. The number of rotatable bonds is 3. The molecule has 3 nitrogen and oxygen atoms in total. The van der Waals surface area contributed by atoms with Crippen LogP contribution in [0.25, 0.3) is 0 Å². The Morgan fingerprint density at radius 2 is 2.20 bits per heavy atom. The number of aryl methyl sites for hydroxylation is 1. The second kappa shape index (κ2) is 5.98. The van der Waals surface area contributed by atoms with Crippen molar-refractivity contribution in [1.29, 1.82) is 0 Å². The summed E-state index contributed by atoms with van der Waals surface area (Å²) in [6, 6.07) is 0. The van der Waals surface area contributed by atoms with Crippen LogP contribution in [0.2, 0.25) is 0 Å². The molecular weight excluding hydrogens is 234 g/mol. The lowest BCUT2D eigenvalue weighted by Crippen LogP contribution is -2.11. The van der Waals surface area contributed by atoms with Gasteiger partial charge in [0, 0.05) is 0 Å². The van der Waals surface area contributed by atoms with Crippen LogP contribution >= 0.6 is 23.7 Å². The normalized spacial score (nSPS) is 9.87. The largest absolute Gasteiger partial charge is 0.459 e. The smallest absolute Gasteiger partial charge is 0.350 e. The minimum Gasteiger partial charge on any atom is -0.459 e. The lowest BCUT2D eigenvalue weighted by Gasteiger charge is -2.06. The molecule has 0 unspecified atom stereocenters. The molecule has 1 aromatic heterocycles. The molecule has 1 aromatic rings. The predicted molar refractivity (Wildman–Crippen MR) is 65.9 cm³/mol. The maximum absolute atomic E-state index is 11.5.